The van der Waals surface area contributed by atoms with Gasteiger partial charge in [-0.1, -0.05) is 35.9 Å². The fraction of sp³-hybridized carbons (Fsp3) is 0.0833. The van der Waals surface area contributed by atoms with Gasteiger partial charge in [0, 0.05) is 16.2 Å². The topological polar surface area (TPSA) is 12.9 Å². The number of aromatic nitrogens is 1. The second-order valence-electron chi connectivity index (χ2n) is 3.30. The molecule has 0 spiro atoms. The number of aryl methyl sites for hydroxylation is 1. The van der Waals surface area contributed by atoms with Crippen LogP contribution in [0.25, 0.3) is 11.1 Å². The van der Waals surface area contributed by atoms with Crippen LogP contribution in [0.15, 0.2) is 41.0 Å². The van der Waals surface area contributed by atoms with Crippen molar-refractivity contribution in [1.82, 2.24) is 4.98 Å². The second-order valence-corrected chi connectivity index (χ2v) is 4.54. The Labute approximate surface area is 102 Å². The summed E-state index contributed by atoms with van der Waals surface area (Å²) in [5, 5.41) is 0.511. The monoisotopic (exact) mass is 281 g/mol. The molecule has 76 valence electrons. The Hall–Kier alpha value is -0.860. The van der Waals surface area contributed by atoms with Crippen molar-refractivity contribution in [3.05, 3.63) is 51.7 Å². The minimum atomic E-state index is 0.511. The molecule has 0 saturated carbocycles. The standard InChI is InChI=1S/C12H9BrClN/c1-8-4-2-3-5-9(8)10-6-12(14)15-7-11(10)13/h2-7H,1H3. The van der Waals surface area contributed by atoms with E-state index in [4.69, 9.17) is 11.6 Å². The Bertz CT molecular complexity index is 497. The van der Waals surface area contributed by atoms with Crippen molar-refractivity contribution in [2.24, 2.45) is 0 Å². The van der Waals surface area contributed by atoms with Gasteiger partial charge in [0.05, 0.1) is 0 Å². The Kier molecular flexibility index (Phi) is 3.08. The molecule has 3 heteroatoms. The fourth-order valence-electron chi connectivity index (χ4n) is 1.49. The molecule has 0 unspecified atom stereocenters. The van der Waals surface area contributed by atoms with Gasteiger partial charge in [-0.2, -0.15) is 0 Å². The first-order valence-electron chi connectivity index (χ1n) is 4.55. The van der Waals surface area contributed by atoms with E-state index in [2.05, 4.69) is 40.0 Å². The minimum Gasteiger partial charge on any atom is -0.243 e. The quantitative estimate of drug-likeness (QED) is 0.703. The summed E-state index contributed by atoms with van der Waals surface area (Å²) < 4.78 is 0.959. The maximum Gasteiger partial charge on any atom is 0.129 e. The summed E-state index contributed by atoms with van der Waals surface area (Å²) >= 11 is 9.37. The van der Waals surface area contributed by atoms with Gasteiger partial charge in [0.2, 0.25) is 0 Å². The molecule has 2 aromatic rings. The zero-order valence-electron chi connectivity index (χ0n) is 8.17. The van der Waals surface area contributed by atoms with Crippen molar-refractivity contribution in [3.63, 3.8) is 0 Å². The highest BCUT2D eigenvalue weighted by molar-refractivity contribution is 9.10. The van der Waals surface area contributed by atoms with Crippen LogP contribution >= 0.6 is 27.5 Å². The highest BCUT2D eigenvalue weighted by atomic mass is 79.9. The molecule has 0 atom stereocenters. The van der Waals surface area contributed by atoms with Crippen molar-refractivity contribution in [2.75, 3.05) is 0 Å². The molecule has 1 heterocycles. The van der Waals surface area contributed by atoms with E-state index in [1.165, 1.54) is 11.1 Å². The van der Waals surface area contributed by atoms with E-state index < -0.39 is 0 Å². The first-order valence-corrected chi connectivity index (χ1v) is 5.72. The lowest BCUT2D eigenvalue weighted by Gasteiger charge is -2.07. The largest absolute Gasteiger partial charge is 0.243 e. The van der Waals surface area contributed by atoms with E-state index in [9.17, 15) is 0 Å². The molecule has 0 amide bonds. The molecule has 0 saturated heterocycles. The van der Waals surface area contributed by atoms with Gasteiger partial charge in [-0.05, 0) is 40.0 Å². The van der Waals surface area contributed by atoms with Crippen molar-refractivity contribution in [3.8, 4) is 11.1 Å². The second kappa shape index (κ2) is 4.33. The zero-order chi connectivity index (χ0) is 10.8. The molecule has 1 aromatic heterocycles. The summed E-state index contributed by atoms with van der Waals surface area (Å²) in [5.74, 6) is 0. The van der Waals surface area contributed by atoms with Gasteiger partial charge in [0.25, 0.3) is 0 Å². The lowest BCUT2D eigenvalue weighted by atomic mass is 10.0. The number of hydrogen-bond donors (Lipinski definition) is 0. The van der Waals surface area contributed by atoms with Crippen LogP contribution in [0.2, 0.25) is 5.15 Å². The fourth-order valence-corrected chi connectivity index (χ4v) is 2.08. The molecule has 0 bridgehead atoms. The third kappa shape index (κ3) is 2.21. The van der Waals surface area contributed by atoms with Crippen LogP contribution < -0.4 is 0 Å². The van der Waals surface area contributed by atoms with Crippen molar-refractivity contribution in [2.45, 2.75) is 6.92 Å². The summed E-state index contributed by atoms with van der Waals surface area (Å²) in [7, 11) is 0. The maximum atomic E-state index is 5.89. The van der Waals surface area contributed by atoms with Gasteiger partial charge < -0.3 is 0 Å². The van der Waals surface area contributed by atoms with Gasteiger partial charge in [-0.15, -0.1) is 0 Å². The molecule has 0 N–H and O–H groups in total. The Balaban J connectivity index is 2.64. The summed E-state index contributed by atoms with van der Waals surface area (Å²) in [5.41, 5.74) is 3.47. The summed E-state index contributed by atoms with van der Waals surface area (Å²) in [4.78, 5) is 4.01. The molecule has 0 radical (unpaired) electrons. The van der Waals surface area contributed by atoms with Crippen molar-refractivity contribution < 1.29 is 0 Å². The number of rotatable bonds is 1. The van der Waals surface area contributed by atoms with Crippen LogP contribution in [-0.4, -0.2) is 4.98 Å². The van der Waals surface area contributed by atoms with E-state index in [0.717, 1.165) is 10.0 Å². The van der Waals surface area contributed by atoms with Crippen molar-refractivity contribution >= 4 is 27.5 Å². The number of hydrogen-bond acceptors (Lipinski definition) is 1. The van der Waals surface area contributed by atoms with Crippen LogP contribution in [0.5, 0.6) is 0 Å². The van der Waals surface area contributed by atoms with Crippen molar-refractivity contribution in [1.29, 1.82) is 0 Å². The van der Waals surface area contributed by atoms with Gasteiger partial charge in [-0.25, -0.2) is 4.98 Å². The SMILES string of the molecule is Cc1ccccc1-c1cc(Cl)ncc1Br. The normalized spacial score (nSPS) is 10.3. The number of pyridine rings is 1. The van der Waals surface area contributed by atoms with E-state index in [1.54, 1.807) is 6.20 Å². The van der Waals surface area contributed by atoms with Crippen LogP contribution in [0.1, 0.15) is 5.56 Å². The van der Waals surface area contributed by atoms with E-state index in [-0.39, 0.29) is 0 Å². The molecular formula is C12H9BrClN. The molecule has 1 nitrogen and oxygen atoms in total. The maximum absolute atomic E-state index is 5.89. The smallest absolute Gasteiger partial charge is 0.129 e. The molecule has 0 aliphatic heterocycles. The number of benzene rings is 1. The highest BCUT2D eigenvalue weighted by Gasteiger charge is 2.06. The van der Waals surface area contributed by atoms with Gasteiger partial charge in [0.15, 0.2) is 0 Å². The first kappa shape index (κ1) is 10.7. The third-order valence-corrected chi connectivity index (χ3v) is 3.10. The number of halogens is 2. The first-order chi connectivity index (χ1) is 7.18. The molecule has 0 fully saturated rings. The molecule has 0 aliphatic rings. The molecule has 0 aliphatic carbocycles. The molecule has 15 heavy (non-hydrogen) atoms. The zero-order valence-corrected chi connectivity index (χ0v) is 10.5. The Morgan fingerprint density at radius 3 is 2.67 bits per heavy atom. The molecule has 1 aromatic carbocycles. The van der Waals surface area contributed by atoms with Gasteiger partial charge in [0.1, 0.15) is 5.15 Å². The van der Waals surface area contributed by atoms with E-state index in [0.29, 0.717) is 5.15 Å². The van der Waals surface area contributed by atoms with Crippen LogP contribution in [-0.2, 0) is 0 Å². The van der Waals surface area contributed by atoms with Crippen LogP contribution in [0.4, 0.5) is 0 Å². The summed E-state index contributed by atoms with van der Waals surface area (Å²) in [6.07, 6.45) is 1.73. The molecule has 2 rings (SSSR count). The lowest BCUT2D eigenvalue weighted by Crippen LogP contribution is -1.86. The lowest BCUT2D eigenvalue weighted by molar-refractivity contribution is 1.30. The van der Waals surface area contributed by atoms with E-state index in [1.807, 2.05) is 18.2 Å². The van der Waals surface area contributed by atoms with Gasteiger partial charge >= 0.3 is 0 Å². The Morgan fingerprint density at radius 2 is 1.93 bits per heavy atom. The molecular weight excluding hydrogens is 273 g/mol. The highest BCUT2D eigenvalue weighted by Crippen LogP contribution is 2.31. The minimum absolute atomic E-state index is 0.511. The predicted octanol–water partition coefficient (Wildman–Crippen LogP) is 4.47. The van der Waals surface area contributed by atoms with Crippen LogP contribution in [0, 0.1) is 6.92 Å². The van der Waals surface area contributed by atoms with E-state index >= 15 is 0 Å². The van der Waals surface area contributed by atoms with Crippen LogP contribution in [0.3, 0.4) is 0 Å². The average molecular weight is 283 g/mol. The predicted molar refractivity (Wildman–Crippen MR) is 67.1 cm³/mol. The summed E-state index contributed by atoms with van der Waals surface area (Å²) in [6, 6.07) is 10.1. The summed E-state index contributed by atoms with van der Waals surface area (Å²) in [6.45, 7) is 2.08. The third-order valence-electron chi connectivity index (χ3n) is 2.26. The average Bonchev–Trinajstić information content (AvgIpc) is 2.23. The van der Waals surface area contributed by atoms with Gasteiger partial charge in [-0.3, -0.25) is 0 Å². The Morgan fingerprint density at radius 1 is 1.20 bits per heavy atom. The number of nitrogens with zero attached hydrogens (tertiary/aromatic N) is 1.